The smallest absolute Gasteiger partial charge is 0.135 e. The van der Waals surface area contributed by atoms with Crippen molar-refractivity contribution in [3.8, 4) is 17.2 Å². The van der Waals surface area contributed by atoms with E-state index in [2.05, 4.69) is 22.6 Å². The van der Waals surface area contributed by atoms with Gasteiger partial charge in [0.25, 0.3) is 0 Å². The van der Waals surface area contributed by atoms with E-state index in [-0.39, 0.29) is 5.82 Å². The van der Waals surface area contributed by atoms with Crippen LogP contribution in [0.5, 0.6) is 17.2 Å². The third-order valence-electron chi connectivity index (χ3n) is 5.73. The fraction of sp³-hybridized carbons (Fsp3) is 0.417. The minimum absolute atomic E-state index is 0.270. The van der Waals surface area contributed by atoms with Gasteiger partial charge in [-0.25, -0.2) is 4.39 Å². The number of nitrogens with one attached hydrogen (secondary N) is 2. The Morgan fingerprint density at radius 1 is 1.07 bits per heavy atom. The number of halogens is 1. The fourth-order valence-electron chi connectivity index (χ4n) is 3.70. The molecule has 2 N–H and O–H groups in total. The lowest BCUT2D eigenvalue weighted by Crippen LogP contribution is -2.43. The highest BCUT2D eigenvalue weighted by atomic mass is 19.1. The van der Waals surface area contributed by atoms with Crippen molar-refractivity contribution in [2.24, 2.45) is 0 Å². The summed E-state index contributed by atoms with van der Waals surface area (Å²) in [5.41, 5.74) is 1.92. The van der Waals surface area contributed by atoms with Crippen LogP contribution < -0.4 is 20.1 Å². The maximum Gasteiger partial charge on any atom is 0.135 e. The molecule has 4 rings (SSSR count). The van der Waals surface area contributed by atoms with Crippen molar-refractivity contribution in [2.75, 3.05) is 27.2 Å². The van der Waals surface area contributed by atoms with Crippen molar-refractivity contribution in [1.82, 2.24) is 15.5 Å². The molecule has 5 nitrogen and oxygen atoms in total. The van der Waals surface area contributed by atoms with Crippen molar-refractivity contribution < 1.29 is 13.9 Å². The second-order valence-electron chi connectivity index (χ2n) is 8.05. The topological polar surface area (TPSA) is 45.8 Å². The first-order chi connectivity index (χ1) is 14.6. The van der Waals surface area contributed by atoms with E-state index < -0.39 is 0 Å². The van der Waals surface area contributed by atoms with Gasteiger partial charge in [-0.15, -0.1) is 0 Å². The van der Waals surface area contributed by atoms with Crippen molar-refractivity contribution >= 4 is 0 Å². The Kier molecular flexibility index (Phi) is 6.43. The number of rotatable bonds is 8. The van der Waals surface area contributed by atoms with Gasteiger partial charge in [-0.1, -0.05) is 6.07 Å². The van der Waals surface area contributed by atoms with Crippen molar-refractivity contribution in [3.63, 3.8) is 0 Å². The monoisotopic (exact) mass is 411 g/mol. The summed E-state index contributed by atoms with van der Waals surface area (Å²) >= 11 is 0. The van der Waals surface area contributed by atoms with Crippen LogP contribution in [0.1, 0.15) is 31.2 Å². The lowest BCUT2D eigenvalue weighted by molar-refractivity contribution is 0.239. The second kappa shape index (κ2) is 9.39. The van der Waals surface area contributed by atoms with Crippen LogP contribution in [-0.2, 0) is 6.54 Å². The predicted molar refractivity (Wildman–Crippen MR) is 116 cm³/mol. The van der Waals surface area contributed by atoms with Gasteiger partial charge in [0.1, 0.15) is 23.1 Å². The summed E-state index contributed by atoms with van der Waals surface area (Å²) in [5.74, 6) is 2.72. The summed E-state index contributed by atoms with van der Waals surface area (Å²) in [5, 5.41) is 7.13. The number of ether oxygens (including phenoxy) is 2. The molecule has 30 heavy (non-hydrogen) atoms. The number of benzene rings is 2. The Labute approximate surface area is 177 Å². The van der Waals surface area contributed by atoms with E-state index in [4.69, 9.17) is 9.47 Å². The molecule has 0 unspecified atom stereocenters. The first kappa shape index (κ1) is 20.5. The molecule has 2 aromatic rings. The first-order valence-electron chi connectivity index (χ1n) is 10.6. The number of methoxy groups -OCH3 is 1. The molecule has 1 heterocycles. The van der Waals surface area contributed by atoms with Crippen LogP contribution in [0, 0.1) is 5.82 Å². The Hall–Kier alpha value is -2.73. The van der Waals surface area contributed by atoms with E-state index in [9.17, 15) is 4.39 Å². The second-order valence-corrected chi connectivity index (χ2v) is 8.05. The Morgan fingerprint density at radius 3 is 2.43 bits per heavy atom. The summed E-state index contributed by atoms with van der Waals surface area (Å²) in [4.78, 5) is 2.36. The molecule has 0 radical (unpaired) electrons. The molecule has 0 atom stereocenters. The van der Waals surface area contributed by atoms with Crippen molar-refractivity contribution in [1.29, 1.82) is 0 Å². The lowest BCUT2D eigenvalue weighted by Gasteiger charge is -2.31. The van der Waals surface area contributed by atoms with Gasteiger partial charge in [0.05, 0.1) is 12.9 Å². The standard InChI is InChI=1S/C24H30FN3O2/c1-28-14-12-18(13-15-28)27-24(17-6-7-17)26-16-21-22(25)4-3-5-23(21)30-20-10-8-19(29-2)9-11-20/h3-5,8-11,18,26-27H,6-7,12-16H2,1-2H3. The van der Waals surface area contributed by atoms with Gasteiger partial charge in [-0.2, -0.15) is 0 Å². The van der Waals surface area contributed by atoms with Gasteiger partial charge < -0.3 is 25.0 Å². The van der Waals surface area contributed by atoms with E-state index in [1.165, 1.54) is 11.6 Å². The molecule has 0 spiro atoms. The zero-order valence-electron chi connectivity index (χ0n) is 17.7. The average Bonchev–Trinajstić information content (AvgIpc) is 3.60. The molecular formula is C24H30FN3O2. The van der Waals surface area contributed by atoms with Crippen LogP contribution in [0.25, 0.3) is 0 Å². The number of piperidine rings is 1. The molecule has 0 aromatic heterocycles. The highest BCUT2D eigenvalue weighted by Crippen LogP contribution is 2.32. The van der Waals surface area contributed by atoms with Crippen molar-refractivity contribution in [2.45, 2.75) is 38.3 Å². The summed E-state index contributed by atoms with van der Waals surface area (Å²) in [6, 6.07) is 12.7. The van der Waals surface area contributed by atoms with Crippen LogP contribution in [0.3, 0.4) is 0 Å². The molecule has 2 fully saturated rings. The minimum Gasteiger partial charge on any atom is -0.497 e. The Balaban J connectivity index is 1.43. The third-order valence-corrected chi connectivity index (χ3v) is 5.73. The summed E-state index contributed by atoms with van der Waals surface area (Å²) in [6.07, 6.45) is 4.46. The molecule has 2 aromatic carbocycles. The maximum atomic E-state index is 14.7. The summed E-state index contributed by atoms with van der Waals surface area (Å²) in [6.45, 7) is 2.58. The van der Waals surface area contributed by atoms with Gasteiger partial charge in [-0.05, 0) is 87.8 Å². The number of hydrogen-bond acceptors (Lipinski definition) is 5. The average molecular weight is 412 g/mol. The zero-order valence-corrected chi connectivity index (χ0v) is 17.7. The number of allylic oxidation sites excluding steroid dienone is 1. The molecule has 6 heteroatoms. The van der Waals surface area contributed by atoms with Gasteiger partial charge in [0.2, 0.25) is 0 Å². The molecule has 160 valence electrons. The van der Waals surface area contributed by atoms with Crippen LogP contribution >= 0.6 is 0 Å². The molecule has 2 aliphatic rings. The molecule has 1 saturated heterocycles. The van der Waals surface area contributed by atoms with E-state index in [1.54, 1.807) is 19.2 Å². The van der Waals surface area contributed by atoms with Gasteiger partial charge >= 0.3 is 0 Å². The molecule has 0 amide bonds. The Morgan fingerprint density at radius 2 is 1.77 bits per heavy atom. The van der Waals surface area contributed by atoms with Crippen LogP contribution in [0.4, 0.5) is 4.39 Å². The highest BCUT2D eigenvalue weighted by Gasteiger charge is 2.23. The van der Waals surface area contributed by atoms with Crippen molar-refractivity contribution in [3.05, 3.63) is 65.2 Å². The highest BCUT2D eigenvalue weighted by molar-refractivity contribution is 5.40. The minimum atomic E-state index is -0.270. The summed E-state index contributed by atoms with van der Waals surface area (Å²) in [7, 11) is 3.79. The van der Waals surface area contributed by atoms with Gasteiger partial charge in [-0.3, -0.25) is 0 Å². The maximum absolute atomic E-state index is 14.7. The normalized spacial score (nSPS) is 16.8. The quantitative estimate of drug-likeness (QED) is 0.674. The van der Waals surface area contributed by atoms with E-state index in [1.807, 2.05) is 24.3 Å². The van der Waals surface area contributed by atoms with Gasteiger partial charge in [0, 0.05) is 18.2 Å². The van der Waals surface area contributed by atoms with Gasteiger partial charge in [0.15, 0.2) is 0 Å². The van der Waals surface area contributed by atoms with E-state index >= 15 is 0 Å². The largest absolute Gasteiger partial charge is 0.497 e. The first-order valence-corrected chi connectivity index (χ1v) is 10.6. The zero-order chi connectivity index (χ0) is 20.9. The molecule has 1 saturated carbocycles. The van der Waals surface area contributed by atoms with Crippen LogP contribution in [0.15, 0.2) is 53.9 Å². The SMILES string of the molecule is COc1ccc(Oc2cccc(F)c2CNC(NC2CCN(C)CC2)=C2CC2)cc1. The van der Waals surface area contributed by atoms with Crippen LogP contribution in [-0.4, -0.2) is 38.2 Å². The molecular weight excluding hydrogens is 381 g/mol. The number of likely N-dealkylation sites (tertiary alicyclic amines) is 1. The van der Waals surface area contributed by atoms with E-state index in [0.29, 0.717) is 29.6 Å². The molecule has 1 aliphatic carbocycles. The summed E-state index contributed by atoms with van der Waals surface area (Å²) < 4.78 is 25.8. The lowest BCUT2D eigenvalue weighted by atomic mass is 10.1. The molecule has 0 bridgehead atoms. The number of nitrogens with zero attached hydrogens (tertiary/aromatic N) is 1. The molecule has 1 aliphatic heterocycles. The number of hydrogen-bond donors (Lipinski definition) is 2. The third kappa shape index (κ3) is 5.25. The fourth-order valence-corrected chi connectivity index (χ4v) is 3.70. The predicted octanol–water partition coefficient (Wildman–Crippen LogP) is 4.41. The van der Waals surface area contributed by atoms with E-state index in [0.717, 1.165) is 50.3 Å². The Bertz CT molecular complexity index is 884. The van der Waals surface area contributed by atoms with Crippen LogP contribution in [0.2, 0.25) is 0 Å².